The molecule has 1 aliphatic rings. The molecule has 3 heteroatoms. The van der Waals surface area contributed by atoms with Crippen LogP contribution in [-0.4, -0.2) is 35.4 Å². The number of hydrogen-bond acceptors (Lipinski definition) is 3. The number of ketones is 1. The molecule has 0 atom stereocenters. The smallest absolute Gasteiger partial charge is 0.162 e. The number of carbonyl (C=O) groups excluding carboxylic acids is 1. The number of piperidine rings is 1. The van der Waals surface area contributed by atoms with Crippen molar-refractivity contribution >= 4 is 5.78 Å². The molecule has 0 bridgehead atoms. The fourth-order valence-corrected chi connectivity index (χ4v) is 5.28. The van der Waals surface area contributed by atoms with Gasteiger partial charge in [0.25, 0.3) is 0 Å². The van der Waals surface area contributed by atoms with Crippen LogP contribution in [0, 0.1) is 12.8 Å². The maximum absolute atomic E-state index is 12.4. The van der Waals surface area contributed by atoms with Crippen molar-refractivity contribution in [3.05, 3.63) is 107 Å². The average molecular weight is 456 g/mol. The van der Waals surface area contributed by atoms with Crippen LogP contribution < -0.4 is 0 Å². The number of nitrogens with zero attached hydrogens (tertiary/aromatic N) is 1. The summed E-state index contributed by atoms with van der Waals surface area (Å²) in [5.41, 5.74) is 3.03. The SMILES string of the molecule is Cc1ccc(C(=O)CCCCCN2CCC(C(O)(c3ccccc3)c3ccccc3)CC2)cc1. The van der Waals surface area contributed by atoms with Gasteiger partial charge in [0.1, 0.15) is 5.60 Å². The van der Waals surface area contributed by atoms with E-state index in [1.54, 1.807) is 0 Å². The molecule has 3 aromatic rings. The molecule has 1 aliphatic heterocycles. The van der Waals surface area contributed by atoms with Crippen molar-refractivity contribution in [3.63, 3.8) is 0 Å². The highest BCUT2D eigenvalue weighted by atomic mass is 16.3. The highest BCUT2D eigenvalue weighted by Gasteiger charge is 2.41. The molecule has 3 aromatic carbocycles. The van der Waals surface area contributed by atoms with Crippen LogP contribution in [0.15, 0.2) is 84.9 Å². The van der Waals surface area contributed by atoms with Crippen LogP contribution in [0.5, 0.6) is 0 Å². The minimum atomic E-state index is -0.953. The third-order valence-corrected chi connectivity index (χ3v) is 7.36. The third-order valence-electron chi connectivity index (χ3n) is 7.36. The zero-order valence-electron chi connectivity index (χ0n) is 20.3. The minimum absolute atomic E-state index is 0.195. The number of likely N-dealkylation sites (tertiary alicyclic amines) is 1. The number of aliphatic hydroxyl groups is 1. The lowest BCUT2D eigenvalue weighted by Gasteiger charge is -2.42. The first kappa shape index (κ1) is 24.4. The normalized spacial score (nSPS) is 15.4. The zero-order valence-corrected chi connectivity index (χ0v) is 20.3. The molecule has 4 rings (SSSR count). The zero-order chi connectivity index (χ0) is 23.8. The first-order chi connectivity index (χ1) is 16.6. The summed E-state index contributed by atoms with van der Waals surface area (Å²) in [7, 11) is 0. The number of benzene rings is 3. The molecule has 0 radical (unpaired) electrons. The average Bonchev–Trinajstić information content (AvgIpc) is 2.89. The van der Waals surface area contributed by atoms with Crippen molar-refractivity contribution in [3.8, 4) is 0 Å². The molecule has 178 valence electrons. The van der Waals surface area contributed by atoms with Gasteiger partial charge < -0.3 is 10.0 Å². The van der Waals surface area contributed by atoms with Crippen LogP contribution >= 0.6 is 0 Å². The monoisotopic (exact) mass is 455 g/mol. The van der Waals surface area contributed by atoms with Crippen molar-refractivity contribution in [1.82, 2.24) is 4.90 Å². The van der Waals surface area contributed by atoms with Gasteiger partial charge in [-0.05, 0) is 69.3 Å². The Morgan fingerprint density at radius 3 is 1.94 bits per heavy atom. The third kappa shape index (κ3) is 5.84. The van der Waals surface area contributed by atoms with Crippen LogP contribution in [0.25, 0.3) is 0 Å². The maximum atomic E-state index is 12.4. The summed E-state index contributed by atoms with van der Waals surface area (Å²) < 4.78 is 0. The molecular weight excluding hydrogens is 418 g/mol. The van der Waals surface area contributed by atoms with Gasteiger partial charge in [-0.15, -0.1) is 0 Å². The van der Waals surface area contributed by atoms with Crippen molar-refractivity contribution < 1.29 is 9.90 Å². The van der Waals surface area contributed by atoms with Crippen LogP contribution in [0.4, 0.5) is 0 Å². The molecule has 0 unspecified atom stereocenters. The Kier molecular flexibility index (Phi) is 8.31. The second-order valence-corrected chi connectivity index (χ2v) is 9.71. The first-order valence-corrected chi connectivity index (χ1v) is 12.7. The second-order valence-electron chi connectivity index (χ2n) is 9.71. The van der Waals surface area contributed by atoms with Gasteiger partial charge in [0.2, 0.25) is 0 Å². The largest absolute Gasteiger partial charge is 0.380 e. The summed E-state index contributed by atoms with van der Waals surface area (Å²) in [6.45, 7) is 5.13. The molecule has 0 aromatic heterocycles. The Morgan fingerprint density at radius 2 is 1.38 bits per heavy atom. The fourth-order valence-electron chi connectivity index (χ4n) is 5.28. The molecule has 3 nitrogen and oxygen atoms in total. The van der Waals surface area contributed by atoms with Crippen molar-refractivity contribution in [1.29, 1.82) is 0 Å². The molecule has 0 aliphatic carbocycles. The van der Waals surface area contributed by atoms with E-state index in [2.05, 4.69) is 29.2 Å². The Hall–Kier alpha value is -2.75. The molecule has 0 saturated carbocycles. The van der Waals surface area contributed by atoms with Gasteiger partial charge in [0.15, 0.2) is 5.78 Å². The predicted molar refractivity (Wildman–Crippen MR) is 139 cm³/mol. The van der Waals surface area contributed by atoms with Crippen LogP contribution in [0.3, 0.4) is 0 Å². The van der Waals surface area contributed by atoms with Crippen molar-refractivity contribution in [2.75, 3.05) is 19.6 Å². The molecule has 1 saturated heterocycles. The van der Waals surface area contributed by atoms with Crippen LogP contribution in [0.2, 0.25) is 0 Å². The second kappa shape index (κ2) is 11.6. The van der Waals surface area contributed by atoms with Gasteiger partial charge in [-0.2, -0.15) is 0 Å². The van der Waals surface area contributed by atoms with E-state index in [0.717, 1.165) is 68.4 Å². The van der Waals surface area contributed by atoms with Gasteiger partial charge in [0.05, 0.1) is 0 Å². The van der Waals surface area contributed by atoms with Crippen molar-refractivity contribution in [2.45, 2.75) is 51.0 Å². The summed E-state index contributed by atoms with van der Waals surface area (Å²) in [5, 5.41) is 12.0. The fraction of sp³-hybridized carbons (Fsp3) is 0.387. The molecular formula is C31H37NO2. The van der Waals surface area contributed by atoms with Crippen molar-refractivity contribution in [2.24, 2.45) is 5.92 Å². The molecule has 0 spiro atoms. The van der Waals surface area contributed by atoms with E-state index >= 15 is 0 Å². The Balaban J connectivity index is 1.25. The van der Waals surface area contributed by atoms with Gasteiger partial charge in [-0.25, -0.2) is 0 Å². The number of aryl methyl sites for hydroxylation is 1. The number of hydrogen-bond donors (Lipinski definition) is 1. The molecule has 0 amide bonds. The van der Waals surface area contributed by atoms with E-state index in [-0.39, 0.29) is 11.7 Å². The van der Waals surface area contributed by atoms with E-state index in [1.807, 2.05) is 67.6 Å². The molecule has 1 heterocycles. The molecule has 34 heavy (non-hydrogen) atoms. The minimum Gasteiger partial charge on any atom is -0.380 e. The highest BCUT2D eigenvalue weighted by molar-refractivity contribution is 5.96. The van der Waals surface area contributed by atoms with Crippen LogP contribution in [-0.2, 0) is 5.60 Å². The highest BCUT2D eigenvalue weighted by Crippen LogP contribution is 2.41. The lowest BCUT2D eigenvalue weighted by atomic mass is 9.72. The van der Waals surface area contributed by atoms with Gasteiger partial charge in [-0.3, -0.25) is 4.79 Å². The number of unbranched alkanes of at least 4 members (excludes halogenated alkanes) is 2. The quantitative estimate of drug-likeness (QED) is 0.285. The number of Topliss-reactive ketones (excluding diaryl/α,β-unsaturated/α-hetero) is 1. The number of rotatable bonds is 10. The lowest BCUT2D eigenvalue weighted by molar-refractivity contribution is -0.0143. The predicted octanol–water partition coefficient (Wildman–Crippen LogP) is 6.39. The lowest BCUT2D eigenvalue weighted by Crippen LogP contribution is -2.44. The van der Waals surface area contributed by atoms with E-state index < -0.39 is 5.60 Å². The van der Waals surface area contributed by atoms with E-state index in [0.29, 0.717) is 6.42 Å². The number of carbonyl (C=O) groups is 1. The maximum Gasteiger partial charge on any atom is 0.162 e. The van der Waals surface area contributed by atoms with E-state index in [1.165, 1.54) is 5.56 Å². The first-order valence-electron chi connectivity index (χ1n) is 12.7. The standard InChI is InChI=1S/C31H37NO2/c1-25-16-18-26(19-17-25)30(33)15-9-4-10-22-32-23-20-29(21-24-32)31(34,27-11-5-2-6-12-27)28-13-7-3-8-14-28/h2-3,5-8,11-14,16-19,29,34H,4,9-10,15,20-24H2,1H3. The summed E-state index contributed by atoms with van der Waals surface area (Å²) >= 11 is 0. The molecule has 1 fully saturated rings. The molecule has 1 N–H and O–H groups in total. The Morgan fingerprint density at radius 1 is 0.824 bits per heavy atom. The summed E-state index contributed by atoms with van der Waals surface area (Å²) in [6.07, 6.45) is 5.73. The van der Waals surface area contributed by atoms with Gasteiger partial charge in [0, 0.05) is 12.0 Å². The van der Waals surface area contributed by atoms with Gasteiger partial charge in [-0.1, -0.05) is 96.9 Å². The Labute approximate surface area is 204 Å². The van der Waals surface area contributed by atoms with E-state index in [9.17, 15) is 9.90 Å². The summed E-state index contributed by atoms with van der Waals surface area (Å²) in [5.74, 6) is 0.447. The topological polar surface area (TPSA) is 40.5 Å². The Bertz CT molecular complexity index is 983. The van der Waals surface area contributed by atoms with Crippen LogP contribution in [0.1, 0.15) is 65.6 Å². The summed E-state index contributed by atoms with van der Waals surface area (Å²) in [6, 6.07) is 28.2. The summed E-state index contributed by atoms with van der Waals surface area (Å²) in [4.78, 5) is 14.9. The van der Waals surface area contributed by atoms with E-state index in [4.69, 9.17) is 0 Å². The van der Waals surface area contributed by atoms with Gasteiger partial charge >= 0.3 is 0 Å².